The van der Waals surface area contributed by atoms with E-state index in [1.54, 1.807) is 7.11 Å². The minimum atomic E-state index is 0. The zero-order valence-electron chi connectivity index (χ0n) is 14.3. The second kappa shape index (κ2) is 12.1. The number of hydrogen-bond acceptors (Lipinski definition) is 3. The molecule has 5 nitrogen and oxygen atoms in total. The van der Waals surface area contributed by atoms with Crippen molar-refractivity contribution in [2.45, 2.75) is 25.4 Å². The number of likely N-dealkylation sites (tertiary alicyclic amines) is 1. The summed E-state index contributed by atoms with van der Waals surface area (Å²) < 4.78 is 12.4. The van der Waals surface area contributed by atoms with Crippen LogP contribution in [-0.4, -0.2) is 57.4 Å². The number of guanidine groups is 1. The van der Waals surface area contributed by atoms with Crippen molar-refractivity contribution in [2.75, 3.05) is 40.4 Å². The van der Waals surface area contributed by atoms with Crippen LogP contribution >= 0.6 is 46.6 Å². The second-order valence-corrected chi connectivity index (χ2v) is 6.72. The molecule has 0 spiro atoms. The quantitative estimate of drug-likeness (QED) is 0.252. The SMILES string of the molecule is CN=C(NCCCOC)N1CCC(Oc2ccccc2I)CC1.I. The van der Waals surface area contributed by atoms with Gasteiger partial charge in [-0.1, -0.05) is 12.1 Å². The van der Waals surface area contributed by atoms with Gasteiger partial charge in [-0.15, -0.1) is 24.0 Å². The van der Waals surface area contributed by atoms with Gasteiger partial charge in [0, 0.05) is 53.2 Å². The van der Waals surface area contributed by atoms with Crippen molar-refractivity contribution in [3.8, 4) is 5.75 Å². The van der Waals surface area contributed by atoms with E-state index in [9.17, 15) is 0 Å². The summed E-state index contributed by atoms with van der Waals surface area (Å²) in [6.45, 7) is 3.60. The zero-order chi connectivity index (χ0) is 16.5. The lowest BCUT2D eigenvalue weighted by Gasteiger charge is -2.34. The lowest BCUT2D eigenvalue weighted by Crippen LogP contribution is -2.47. The highest BCUT2D eigenvalue weighted by Crippen LogP contribution is 2.24. The smallest absolute Gasteiger partial charge is 0.193 e. The maximum atomic E-state index is 6.15. The first-order valence-electron chi connectivity index (χ1n) is 8.10. The molecule has 0 bridgehead atoms. The van der Waals surface area contributed by atoms with Crippen LogP contribution in [0.5, 0.6) is 5.75 Å². The van der Waals surface area contributed by atoms with Gasteiger partial charge in [-0.25, -0.2) is 0 Å². The number of piperidine rings is 1. The normalized spacial score (nSPS) is 15.8. The van der Waals surface area contributed by atoms with Gasteiger partial charge in [0.1, 0.15) is 11.9 Å². The van der Waals surface area contributed by atoms with Crippen molar-refractivity contribution in [3.63, 3.8) is 0 Å². The van der Waals surface area contributed by atoms with Crippen LogP contribution in [0.1, 0.15) is 19.3 Å². The molecule has 1 aromatic rings. The van der Waals surface area contributed by atoms with Gasteiger partial charge >= 0.3 is 0 Å². The molecule has 0 saturated carbocycles. The van der Waals surface area contributed by atoms with Crippen LogP contribution in [0.25, 0.3) is 0 Å². The number of nitrogens with one attached hydrogen (secondary N) is 1. The van der Waals surface area contributed by atoms with E-state index in [4.69, 9.17) is 9.47 Å². The first kappa shape index (κ1) is 21.8. The van der Waals surface area contributed by atoms with Gasteiger partial charge in [0.2, 0.25) is 0 Å². The van der Waals surface area contributed by atoms with Crippen LogP contribution < -0.4 is 10.1 Å². The molecule has 1 aliphatic rings. The minimum absolute atomic E-state index is 0. The third kappa shape index (κ3) is 6.91. The number of hydrogen-bond donors (Lipinski definition) is 1. The van der Waals surface area contributed by atoms with E-state index in [1.807, 2.05) is 25.2 Å². The van der Waals surface area contributed by atoms with E-state index in [1.165, 1.54) is 3.57 Å². The van der Waals surface area contributed by atoms with Gasteiger partial charge in [0.05, 0.1) is 3.57 Å². The fourth-order valence-corrected chi connectivity index (χ4v) is 3.17. The summed E-state index contributed by atoms with van der Waals surface area (Å²) in [7, 11) is 3.57. The highest BCUT2D eigenvalue weighted by atomic mass is 127. The zero-order valence-corrected chi connectivity index (χ0v) is 18.8. The largest absolute Gasteiger partial charge is 0.489 e. The molecule has 1 saturated heterocycles. The Balaban J connectivity index is 0.00000288. The van der Waals surface area contributed by atoms with E-state index in [-0.39, 0.29) is 30.1 Å². The average molecular weight is 559 g/mol. The molecular weight excluding hydrogens is 532 g/mol. The summed E-state index contributed by atoms with van der Waals surface area (Å²) in [5, 5.41) is 3.40. The first-order valence-corrected chi connectivity index (χ1v) is 9.18. The lowest BCUT2D eigenvalue weighted by molar-refractivity contribution is 0.128. The highest BCUT2D eigenvalue weighted by molar-refractivity contribution is 14.1. The van der Waals surface area contributed by atoms with Crippen LogP contribution in [0.3, 0.4) is 0 Å². The summed E-state index contributed by atoms with van der Waals surface area (Å²) in [5.41, 5.74) is 0. The van der Waals surface area contributed by atoms with Gasteiger partial charge in [-0.2, -0.15) is 0 Å². The highest BCUT2D eigenvalue weighted by Gasteiger charge is 2.23. The van der Waals surface area contributed by atoms with Crippen molar-refractivity contribution in [1.29, 1.82) is 0 Å². The molecule has 7 heteroatoms. The molecule has 0 aromatic heterocycles. The molecule has 24 heavy (non-hydrogen) atoms. The van der Waals surface area contributed by atoms with Gasteiger partial charge in [0.25, 0.3) is 0 Å². The Morgan fingerprint density at radius 1 is 1.33 bits per heavy atom. The van der Waals surface area contributed by atoms with E-state index in [0.717, 1.165) is 57.2 Å². The maximum Gasteiger partial charge on any atom is 0.193 e. The molecule has 0 aliphatic carbocycles. The Morgan fingerprint density at radius 3 is 2.67 bits per heavy atom. The van der Waals surface area contributed by atoms with Crippen LogP contribution in [0, 0.1) is 3.57 Å². The maximum absolute atomic E-state index is 6.15. The van der Waals surface area contributed by atoms with Crippen LogP contribution in [0.2, 0.25) is 0 Å². The molecule has 136 valence electrons. The predicted octanol–water partition coefficient (Wildman–Crippen LogP) is 3.36. The summed E-state index contributed by atoms with van der Waals surface area (Å²) in [6, 6.07) is 8.19. The average Bonchev–Trinajstić information content (AvgIpc) is 2.58. The van der Waals surface area contributed by atoms with Gasteiger partial charge < -0.3 is 19.7 Å². The van der Waals surface area contributed by atoms with E-state index in [0.29, 0.717) is 0 Å². The summed E-state index contributed by atoms with van der Waals surface area (Å²) >= 11 is 2.32. The summed E-state index contributed by atoms with van der Waals surface area (Å²) in [6.07, 6.45) is 3.31. The van der Waals surface area contributed by atoms with Crippen molar-refractivity contribution in [2.24, 2.45) is 4.99 Å². The van der Waals surface area contributed by atoms with Gasteiger partial charge in [-0.05, 0) is 41.1 Å². The van der Waals surface area contributed by atoms with E-state index < -0.39 is 0 Å². The lowest BCUT2D eigenvalue weighted by atomic mass is 10.1. The molecule has 0 atom stereocenters. The Kier molecular flexibility index (Phi) is 11.0. The van der Waals surface area contributed by atoms with Crippen LogP contribution in [0.4, 0.5) is 0 Å². The predicted molar refractivity (Wildman–Crippen MR) is 118 cm³/mol. The molecule has 1 heterocycles. The van der Waals surface area contributed by atoms with Crippen molar-refractivity contribution < 1.29 is 9.47 Å². The molecule has 1 N–H and O–H groups in total. The Bertz CT molecular complexity index is 506. The number of nitrogens with zero attached hydrogens (tertiary/aromatic N) is 2. The monoisotopic (exact) mass is 559 g/mol. The second-order valence-electron chi connectivity index (χ2n) is 5.56. The fraction of sp³-hybridized carbons (Fsp3) is 0.588. The minimum Gasteiger partial charge on any atom is -0.489 e. The van der Waals surface area contributed by atoms with Crippen molar-refractivity contribution in [1.82, 2.24) is 10.2 Å². The third-order valence-corrected chi connectivity index (χ3v) is 4.78. The van der Waals surface area contributed by atoms with Gasteiger partial charge in [0.15, 0.2) is 5.96 Å². The first-order chi connectivity index (χ1) is 11.2. The molecule has 0 unspecified atom stereocenters. The number of para-hydroxylation sites is 1. The number of benzene rings is 1. The molecule has 0 radical (unpaired) electrons. The molecule has 1 aromatic carbocycles. The number of ether oxygens (including phenoxy) is 2. The Morgan fingerprint density at radius 2 is 2.04 bits per heavy atom. The Hall–Kier alpha value is -0.290. The topological polar surface area (TPSA) is 46.1 Å². The van der Waals surface area contributed by atoms with E-state index in [2.05, 4.69) is 43.9 Å². The van der Waals surface area contributed by atoms with Crippen LogP contribution in [0.15, 0.2) is 29.3 Å². The molecule has 1 aliphatic heterocycles. The molecular formula is C17H27I2N3O2. The summed E-state index contributed by atoms with van der Waals surface area (Å²) in [5.74, 6) is 1.97. The van der Waals surface area contributed by atoms with Gasteiger partial charge in [-0.3, -0.25) is 4.99 Å². The molecule has 2 rings (SSSR count). The standard InChI is InChI=1S/C17H26IN3O2.HI/c1-19-17(20-10-5-13-22-2)21-11-8-14(9-12-21)23-16-7-4-3-6-15(16)18;/h3-4,6-7,14H,5,8-13H2,1-2H3,(H,19,20);1H. The van der Waals surface area contributed by atoms with Crippen molar-refractivity contribution >= 4 is 52.5 Å². The third-order valence-electron chi connectivity index (χ3n) is 3.89. The molecule has 1 fully saturated rings. The molecule has 0 amide bonds. The Labute approximate surface area is 175 Å². The summed E-state index contributed by atoms with van der Waals surface area (Å²) in [4.78, 5) is 6.69. The van der Waals surface area contributed by atoms with Crippen LogP contribution in [-0.2, 0) is 4.74 Å². The van der Waals surface area contributed by atoms with Crippen molar-refractivity contribution in [3.05, 3.63) is 27.8 Å². The number of halogens is 2. The number of aliphatic imine (C=N–C) groups is 1. The number of methoxy groups -OCH3 is 1. The number of rotatable bonds is 6. The fourth-order valence-electron chi connectivity index (χ4n) is 2.65. The van der Waals surface area contributed by atoms with E-state index >= 15 is 0 Å².